The van der Waals surface area contributed by atoms with E-state index < -0.39 is 5.91 Å². The van der Waals surface area contributed by atoms with Crippen LogP contribution in [0.2, 0.25) is 0 Å². The predicted octanol–water partition coefficient (Wildman–Crippen LogP) is 0.344. The third-order valence-corrected chi connectivity index (χ3v) is 3.71. The Bertz CT molecular complexity index is 299. The molecule has 0 aromatic carbocycles. The second kappa shape index (κ2) is 6.73. The molecule has 1 heterocycles. The van der Waals surface area contributed by atoms with Crippen LogP contribution >= 0.6 is 0 Å². The first-order valence-electron chi connectivity index (χ1n) is 6.73. The normalized spacial score (nSPS) is 21.7. The van der Waals surface area contributed by atoms with Gasteiger partial charge in [0, 0.05) is 18.5 Å². The van der Waals surface area contributed by atoms with Gasteiger partial charge in [-0.3, -0.25) is 9.59 Å². The minimum Gasteiger partial charge on any atom is -0.368 e. The SMILES string of the molecule is CC(C)C(C)C(=O)N(CC(N)=O)C1CCCNC1. The Hall–Kier alpha value is -1.10. The summed E-state index contributed by atoms with van der Waals surface area (Å²) < 4.78 is 0. The summed E-state index contributed by atoms with van der Waals surface area (Å²) in [4.78, 5) is 25.2. The number of nitrogens with zero attached hydrogens (tertiary/aromatic N) is 1. The number of amides is 2. The summed E-state index contributed by atoms with van der Waals surface area (Å²) in [5.74, 6) is -0.210. The lowest BCUT2D eigenvalue weighted by Gasteiger charge is -2.36. The van der Waals surface area contributed by atoms with Gasteiger partial charge in [-0.05, 0) is 25.3 Å². The van der Waals surface area contributed by atoms with Gasteiger partial charge in [-0.15, -0.1) is 0 Å². The lowest BCUT2D eigenvalue weighted by atomic mass is 9.95. The van der Waals surface area contributed by atoms with E-state index in [0.717, 1.165) is 25.9 Å². The molecule has 0 aromatic heterocycles. The van der Waals surface area contributed by atoms with Crippen molar-refractivity contribution in [3.8, 4) is 0 Å². The maximum absolute atomic E-state index is 12.4. The highest BCUT2D eigenvalue weighted by Gasteiger charge is 2.30. The fourth-order valence-corrected chi connectivity index (χ4v) is 2.20. The van der Waals surface area contributed by atoms with Crippen molar-refractivity contribution in [1.29, 1.82) is 0 Å². The summed E-state index contributed by atoms with van der Waals surface area (Å²) in [7, 11) is 0. The standard InChI is InChI=1S/C13H25N3O2/c1-9(2)10(3)13(18)16(8-12(14)17)11-5-4-6-15-7-11/h9-11,15H,4-8H2,1-3H3,(H2,14,17). The molecule has 3 N–H and O–H groups in total. The Morgan fingerprint density at radius 3 is 2.50 bits per heavy atom. The zero-order valence-corrected chi connectivity index (χ0v) is 11.6. The lowest BCUT2D eigenvalue weighted by Crippen LogP contribution is -2.53. The van der Waals surface area contributed by atoms with E-state index in [1.807, 2.05) is 20.8 Å². The molecule has 0 saturated carbocycles. The van der Waals surface area contributed by atoms with E-state index in [4.69, 9.17) is 5.73 Å². The van der Waals surface area contributed by atoms with Crippen molar-refractivity contribution < 1.29 is 9.59 Å². The Morgan fingerprint density at radius 1 is 1.39 bits per heavy atom. The van der Waals surface area contributed by atoms with Crippen LogP contribution in [-0.2, 0) is 9.59 Å². The second-order valence-corrected chi connectivity index (χ2v) is 5.47. The van der Waals surface area contributed by atoms with Gasteiger partial charge in [0.05, 0.1) is 6.54 Å². The zero-order chi connectivity index (χ0) is 13.7. The van der Waals surface area contributed by atoms with Crippen LogP contribution in [0.1, 0.15) is 33.6 Å². The third-order valence-electron chi connectivity index (χ3n) is 3.71. The number of carbonyl (C=O) groups is 2. The number of nitrogens with two attached hydrogens (primary N) is 1. The molecule has 5 heteroatoms. The van der Waals surface area contributed by atoms with Gasteiger partial charge < -0.3 is 16.0 Å². The van der Waals surface area contributed by atoms with Crippen LogP contribution in [0.5, 0.6) is 0 Å². The van der Waals surface area contributed by atoms with E-state index in [1.54, 1.807) is 4.90 Å². The fourth-order valence-electron chi connectivity index (χ4n) is 2.20. The molecule has 1 aliphatic rings. The number of hydrogen-bond donors (Lipinski definition) is 2. The van der Waals surface area contributed by atoms with Gasteiger partial charge in [0.2, 0.25) is 11.8 Å². The van der Waals surface area contributed by atoms with Crippen molar-refractivity contribution in [2.75, 3.05) is 19.6 Å². The number of hydrogen-bond acceptors (Lipinski definition) is 3. The highest BCUT2D eigenvalue weighted by atomic mass is 16.2. The van der Waals surface area contributed by atoms with Crippen molar-refractivity contribution in [2.24, 2.45) is 17.6 Å². The molecule has 2 atom stereocenters. The summed E-state index contributed by atoms with van der Waals surface area (Å²) in [6.07, 6.45) is 1.97. The highest BCUT2D eigenvalue weighted by Crippen LogP contribution is 2.18. The van der Waals surface area contributed by atoms with Gasteiger partial charge in [-0.2, -0.15) is 0 Å². The number of rotatable bonds is 5. The Morgan fingerprint density at radius 2 is 2.06 bits per heavy atom. The first-order chi connectivity index (χ1) is 8.43. The second-order valence-electron chi connectivity index (χ2n) is 5.47. The fraction of sp³-hybridized carbons (Fsp3) is 0.846. The minimum atomic E-state index is -0.440. The van der Waals surface area contributed by atoms with E-state index in [-0.39, 0.29) is 30.3 Å². The molecule has 0 radical (unpaired) electrons. The van der Waals surface area contributed by atoms with Crippen molar-refractivity contribution in [2.45, 2.75) is 39.7 Å². The monoisotopic (exact) mass is 255 g/mol. The average molecular weight is 255 g/mol. The molecule has 2 amide bonds. The minimum absolute atomic E-state index is 0.0300. The molecule has 2 unspecified atom stereocenters. The number of primary amides is 1. The molecule has 1 aliphatic heterocycles. The summed E-state index contributed by atoms with van der Waals surface area (Å²) in [5.41, 5.74) is 5.26. The van der Waals surface area contributed by atoms with Gasteiger partial charge in [-0.1, -0.05) is 20.8 Å². The summed E-state index contributed by atoms with van der Waals surface area (Å²) >= 11 is 0. The zero-order valence-electron chi connectivity index (χ0n) is 11.6. The highest BCUT2D eigenvalue weighted by molar-refractivity contribution is 5.85. The number of carbonyl (C=O) groups excluding carboxylic acids is 2. The first kappa shape index (κ1) is 15.0. The maximum atomic E-state index is 12.4. The predicted molar refractivity (Wildman–Crippen MR) is 70.8 cm³/mol. The summed E-state index contributed by atoms with van der Waals surface area (Å²) in [6, 6.07) is 0.0972. The molecule has 0 bridgehead atoms. The number of nitrogens with one attached hydrogen (secondary N) is 1. The average Bonchev–Trinajstić information content (AvgIpc) is 2.35. The van der Waals surface area contributed by atoms with Crippen LogP contribution in [0.4, 0.5) is 0 Å². The third kappa shape index (κ3) is 3.98. The van der Waals surface area contributed by atoms with Crippen molar-refractivity contribution in [3.05, 3.63) is 0 Å². The van der Waals surface area contributed by atoms with Crippen molar-refractivity contribution >= 4 is 11.8 Å². The van der Waals surface area contributed by atoms with Crippen LogP contribution in [0.25, 0.3) is 0 Å². The quantitative estimate of drug-likeness (QED) is 0.744. The molecule has 0 aliphatic carbocycles. The summed E-state index contributed by atoms with van der Waals surface area (Å²) in [6.45, 7) is 7.71. The van der Waals surface area contributed by atoms with Gasteiger partial charge in [-0.25, -0.2) is 0 Å². The first-order valence-corrected chi connectivity index (χ1v) is 6.73. The Balaban J connectivity index is 2.76. The Labute approximate surface area is 109 Å². The van der Waals surface area contributed by atoms with E-state index in [9.17, 15) is 9.59 Å². The van der Waals surface area contributed by atoms with Crippen LogP contribution in [0.3, 0.4) is 0 Å². The molecule has 1 fully saturated rings. The van der Waals surface area contributed by atoms with Gasteiger partial charge in [0.1, 0.15) is 0 Å². The van der Waals surface area contributed by atoms with E-state index in [0.29, 0.717) is 0 Å². The van der Waals surface area contributed by atoms with E-state index >= 15 is 0 Å². The van der Waals surface area contributed by atoms with Gasteiger partial charge >= 0.3 is 0 Å². The molecule has 104 valence electrons. The topological polar surface area (TPSA) is 75.4 Å². The molecular weight excluding hydrogens is 230 g/mol. The molecule has 1 rings (SSSR count). The molecule has 1 saturated heterocycles. The van der Waals surface area contributed by atoms with Crippen LogP contribution < -0.4 is 11.1 Å². The van der Waals surface area contributed by atoms with Gasteiger partial charge in [0.15, 0.2) is 0 Å². The maximum Gasteiger partial charge on any atom is 0.237 e. The van der Waals surface area contributed by atoms with Crippen LogP contribution in [-0.4, -0.2) is 42.4 Å². The van der Waals surface area contributed by atoms with Crippen LogP contribution in [0, 0.1) is 11.8 Å². The summed E-state index contributed by atoms with van der Waals surface area (Å²) in [5, 5.41) is 3.27. The van der Waals surface area contributed by atoms with Gasteiger partial charge in [0.25, 0.3) is 0 Å². The smallest absolute Gasteiger partial charge is 0.237 e. The van der Waals surface area contributed by atoms with Crippen molar-refractivity contribution in [1.82, 2.24) is 10.2 Å². The molecule has 0 aromatic rings. The number of piperidine rings is 1. The van der Waals surface area contributed by atoms with E-state index in [1.165, 1.54) is 0 Å². The molecule has 18 heavy (non-hydrogen) atoms. The van der Waals surface area contributed by atoms with Crippen LogP contribution in [0.15, 0.2) is 0 Å². The van der Waals surface area contributed by atoms with Crippen molar-refractivity contribution in [3.63, 3.8) is 0 Å². The molecule has 5 nitrogen and oxygen atoms in total. The molecular formula is C13H25N3O2. The Kier molecular flexibility index (Phi) is 5.59. The largest absolute Gasteiger partial charge is 0.368 e. The lowest BCUT2D eigenvalue weighted by molar-refractivity contribution is -0.142. The van der Waals surface area contributed by atoms with E-state index in [2.05, 4.69) is 5.32 Å². The molecule has 0 spiro atoms.